The zero-order valence-electron chi connectivity index (χ0n) is 10.7. The Morgan fingerprint density at radius 1 is 1.56 bits per heavy atom. The van der Waals surface area contributed by atoms with Gasteiger partial charge in [-0.1, -0.05) is 0 Å². The molecule has 1 fully saturated rings. The predicted molar refractivity (Wildman–Crippen MR) is 64.4 cm³/mol. The predicted octanol–water partition coefficient (Wildman–Crippen LogP) is 0.823. The molecule has 0 aromatic heterocycles. The first-order valence-electron chi connectivity index (χ1n) is 6.05. The first-order valence-corrected chi connectivity index (χ1v) is 6.05. The minimum atomic E-state index is -0.103. The number of likely N-dealkylation sites (tertiary alicyclic amines) is 1. The van der Waals surface area contributed by atoms with Crippen molar-refractivity contribution in [3.63, 3.8) is 0 Å². The maximum atomic E-state index is 10.9. The molecular formula is C12H24N2O2. The van der Waals surface area contributed by atoms with Crippen LogP contribution in [-0.4, -0.2) is 63.2 Å². The second kappa shape index (κ2) is 6.86. The third-order valence-electron chi connectivity index (χ3n) is 3.21. The average Bonchev–Trinajstić information content (AvgIpc) is 2.63. The van der Waals surface area contributed by atoms with Crippen LogP contribution in [0.25, 0.3) is 0 Å². The molecule has 0 aromatic rings. The van der Waals surface area contributed by atoms with Gasteiger partial charge >= 0.3 is 5.97 Å². The summed E-state index contributed by atoms with van der Waals surface area (Å²) in [6.07, 6.45) is 2.73. The van der Waals surface area contributed by atoms with Gasteiger partial charge in [0.15, 0.2) is 0 Å². The van der Waals surface area contributed by atoms with E-state index in [-0.39, 0.29) is 5.97 Å². The van der Waals surface area contributed by atoms with Gasteiger partial charge in [0.2, 0.25) is 0 Å². The topological polar surface area (TPSA) is 32.8 Å². The molecule has 0 amide bonds. The lowest BCUT2D eigenvalue weighted by molar-refractivity contribution is -0.140. The van der Waals surface area contributed by atoms with Crippen LogP contribution in [0, 0.1) is 5.92 Å². The summed E-state index contributed by atoms with van der Waals surface area (Å²) >= 11 is 0. The number of nitrogens with zero attached hydrogens (tertiary/aromatic N) is 2. The normalized spacial score (nSPS) is 21.6. The molecule has 4 nitrogen and oxygen atoms in total. The summed E-state index contributed by atoms with van der Waals surface area (Å²) in [5.74, 6) is 0.696. The largest absolute Gasteiger partial charge is 0.469 e. The van der Waals surface area contributed by atoms with Crippen molar-refractivity contribution in [1.29, 1.82) is 0 Å². The molecule has 0 N–H and O–H groups in total. The molecule has 1 rings (SSSR count). The van der Waals surface area contributed by atoms with Crippen LogP contribution < -0.4 is 0 Å². The first kappa shape index (κ1) is 13.5. The quantitative estimate of drug-likeness (QED) is 0.630. The number of carbonyl (C=O) groups is 1. The van der Waals surface area contributed by atoms with Gasteiger partial charge in [0, 0.05) is 19.5 Å². The molecule has 0 bridgehead atoms. The molecule has 1 heterocycles. The molecule has 0 saturated carbocycles. The zero-order valence-corrected chi connectivity index (χ0v) is 10.7. The van der Waals surface area contributed by atoms with E-state index in [1.54, 1.807) is 0 Å². The summed E-state index contributed by atoms with van der Waals surface area (Å²) in [4.78, 5) is 15.6. The molecule has 1 aliphatic rings. The van der Waals surface area contributed by atoms with E-state index in [2.05, 4.69) is 28.6 Å². The van der Waals surface area contributed by atoms with Gasteiger partial charge in [-0.25, -0.2) is 0 Å². The maximum absolute atomic E-state index is 10.9. The highest BCUT2D eigenvalue weighted by atomic mass is 16.5. The second-order valence-corrected chi connectivity index (χ2v) is 4.86. The van der Waals surface area contributed by atoms with Gasteiger partial charge < -0.3 is 14.5 Å². The summed E-state index contributed by atoms with van der Waals surface area (Å²) in [6.45, 7) is 4.56. The van der Waals surface area contributed by atoms with Gasteiger partial charge in [0.05, 0.1) is 7.11 Å². The lowest BCUT2D eigenvalue weighted by atomic mass is 10.1. The first-order chi connectivity index (χ1) is 7.61. The van der Waals surface area contributed by atoms with Crippen LogP contribution in [0.5, 0.6) is 0 Å². The van der Waals surface area contributed by atoms with Gasteiger partial charge in [0.1, 0.15) is 0 Å². The summed E-state index contributed by atoms with van der Waals surface area (Å²) in [5, 5.41) is 0. The van der Waals surface area contributed by atoms with Crippen LogP contribution in [0.2, 0.25) is 0 Å². The SMILES string of the molecule is COC(=O)CCCN(C)CC1CCN(C)C1. The van der Waals surface area contributed by atoms with Crippen LogP contribution in [0.1, 0.15) is 19.3 Å². The van der Waals surface area contributed by atoms with Gasteiger partial charge in [-0.05, 0) is 45.9 Å². The van der Waals surface area contributed by atoms with E-state index in [4.69, 9.17) is 0 Å². The fourth-order valence-corrected chi connectivity index (χ4v) is 2.30. The minimum absolute atomic E-state index is 0.103. The van der Waals surface area contributed by atoms with E-state index in [9.17, 15) is 4.79 Å². The minimum Gasteiger partial charge on any atom is -0.469 e. The molecule has 1 aliphatic heterocycles. The molecule has 0 aromatic carbocycles. The second-order valence-electron chi connectivity index (χ2n) is 4.86. The summed E-state index contributed by atoms with van der Waals surface area (Å²) < 4.78 is 4.62. The molecule has 0 spiro atoms. The Kier molecular flexibility index (Phi) is 5.77. The lowest BCUT2D eigenvalue weighted by Crippen LogP contribution is -2.28. The van der Waals surface area contributed by atoms with E-state index in [1.165, 1.54) is 26.6 Å². The Balaban J connectivity index is 2.06. The summed E-state index contributed by atoms with van der Waals surface area (Å²) in [6, 6.07) is 0. The number of rotatable bonds is 6. The molecule has 0 radical (unpaired) electrons. The smallest absolute Gasteiger partial charge is 0.305 e. The standard InChI is InChI=1S/C12H24N2O2/c1-13(7-4-5-12(15)16-3)9-11-6-8-14(2)10-11/h11H,4-10H2,1-3H3. The number of hydrogen-bond donors (Lipinski definition) is 0. The van der Waals surface area contributed by atoms with Crippen molar-refractivity contribution in [3.05, 3.63) is 0 Å². The van der Waals surface area contributed by atoms with Crippen molar-refractivity contribution in [2.75, 3.05) is 47.4 Å². The molecule has 16 heavy (non-hydrogen) atoms. The molecule has 1 atom stereocenters. The third-order valence-corrected chi connectivity index (χ3v) is 3.21. The van der Waals surface area contributed by atoms with E-state index in [0.29, 0.717) is 6.42 Å². The molecule has 0 aliphatic carbocycles. The third kappa shape index (κ3) is 4.94. The monoisotopic (exact) mass is 228 g/mol. The van der Waals surface area contributed by atoms with Crippen molar-refractivity contribution >= 4 is 5.97 Å². The van der Waals surface area contributed by atoms with Crippen LogP contribution in [-0.2, 0) is 9.53 Å². The van der Waals surface area contributed by atoms with Crippen LogP contribution in [0.15, 0.2) is 0 Å². The fraction of sp³-hybridized carbons (Fsp3) is 0.917. The lowest BCUT2D eigenvalue weighted by Gasteiger charge is -2.20. The highest BCUT2D eigenvalue weighted by Gasteiger charge is 2.20. The van der Waals surface area contributed by atoms with E-state index >= 15 is 0 Å². The summed E-state index contributed by atoms with van der Waals surface area (Å²) in [5.41, 5.74) is 0. The Hall–Kier alpha value is -0.610. The van der Waals surface area contributed by atoms with Crippen LogP contribution >= 0.6 is 0 Å². The number of methoxy groups -OCH3 is 1. The molecular weight excluding hydrogens is 204 g/mol. The fourth-order valence-electron chi connectivity index (χ4n) is 2.30. The zero-order chi connectivity index (χ0) is 12.0. The highest BCUT2D eigenvalue weighted by molar-refractivity contribution is 5.69. The highest BCUT2D eigenvalue weighted by Crippen LogP contribution is 2.15. The Labute approximate surface area is 98.5 Å². The number of carbonyl (C=O) groups excluding carboxylic acids is 1. The van der Waals surface area contributed by atoms with E-state index < -0.39 is 0 Å². The maximum Gasteiger partial charge on any atom is 0.305 e. The molecule has 94 valence electrons. The molecule has 1 unspecified atom stereocenters. The molecule has 1 saturated heterocycles. The Morgan fingerprint density at radius 3 is 2.88 bits per heavy atom. The Morgan fingerprint density at radius 2 is 2.31 bits per heavy atom. The van der Waals surface area contributed by atoms with E-state index in [1.807, 2.05) is 0 Å². The van der Waals surface area contributed by atoms with Crippen LogP contribution in [0.4, 0.5) is 0 Å². The molecule has 4 heteroatoms. The van der Waals surface area contributed by atoms with Crippen molar-refractivity contribution in [2.24, 2.45) is 5.92 Å². The Bertz CT molecular complexity index is 221. The van der Waals surface area contributed by atoms with E-state index in [0.717, 1.165) is 25.4 Å². The van der Waals surface area contributed by atoms with Gasteiger partial charge in [-0.3, -0.25) is 4.79 Å². The van der Waals surface area contributed by atoms with Gasteiger partial charge in [-0.2, -0.15) is 0 Å². The van der Waals surface area contributed by atoms with Crippen LogP contribution in [0.3, 0.4) is 0 Å². The number of ether oxygens (including phenoxy) is 1. The van der Waals surface area contributed by atoms with Crippen molar-refractivity contribution in [3.8, 4) is 0 Å². The average molecular weight is 228 g/mol. The van der Waals surface area contributed by atoms with Gasteiger partial charge in [-0.15, -0.1) is 0 Å². The number of esters is 1. The van der Waals surface area contributed by atoms with Crippen molar-refractivity contribution < 1.29 is 9.53 Å². The van der Waals surface area contributed by atoms with Crippen molar-refractivity contribution in [1.82, 2.24) is 9.80 Å². The summed E-state index contributed by atoms with van der Waals surface area (Å²) in [7, 11) is 5.76. The number of hydrogen-bond acceptors (Lipinski definition) is 4. The van der Waals surface area contributed by atoms with Gasteiger partial charge in [0.25, 0.3) is 0 Å². The van der Waals surface area contributed by atoms with Crippen molar-refractivity contribution in [2.45, 2.75) is 19.3 Å².